The van der Waals surface area contributed by atoms with Crippen LogP contribution in [0.2, 0.25) is 0 Å². The summed E-state index contributed by atoms with van der Waals surface area (Å²) in [4.78, 5) is 17.0. The number of amides is 1. The first kappa shape index (κ1) is 24.0. The molecule has 0 aliphatic heterocycles. The maximum atomic E-state index is 12.9. The number of rotatable bonds is 8. The van der Waals surface area contributed by atoms with Crippen molar-refractivity contribution < 1.29 is 17.9 Å². The van der Waals surface area contributed by atoms with Crippen LogP contribution in [-0.2, 0) is 16.6 Å². The summed E-state index contributed by atoms with van der Waals surface area (Å²) in [6.07, 6.45) is 3.65. The zero-order valence-corrected chi connectivity index (χ0v) is 20.5. The summed E-state index contributed by atoms with van der Waals surface area (Å²) >= 11 is 0. The Kier molecular flexibility index (Phi) is 6.88. The Labute approximate surface area is 204 Å². The first-order chi connectivity index (χ1) is 16.8. The van der Waals surface area contributed by atoms with Gasteiger partial charge in [-0.05, 0) is 73.2 Å². The Hall–Kier alpha value is -4.11. The van der Waals surface area contributed by atoms with Crippen LogP contribution in [-0.4, -0.2) is 38.0 Å². The highest BCUT2D eigenvalue weighted by atomic mass is 32.2. The van der Waals surface area contributed by atoms with E-state index in [-0.39, 0.29) is 10.8 Å². The molecule has 1 aromatic heterocycles. The van der Waals surface area contributed by atoms with Gasteiger partial charge in [0.05, 0.1) is 17.7 Å². The van der Waals surface area contributed by atoms with Crippen LogP contribution < -0.4 is 14.4 Å². The van der Waals surface area contributed by atoms with Gasteiger partial charge in [-0.1, -0.05) is 12.1 Å². The lowest BCUT2D eigenvalue weighted by Gasteiger charge is -2.20. The number of nitrogens with zero attached hydrogens (tertiary/aromatic N) is 3. The van der Waals surface area contributed by atoms with E-state index in [0.29, 0.717) is 23.5 Å². The number of aryl methyl sites for hydroxylation is 1. The molecule has 180 valence electrons. The number of hydrogen-bond donors (Lipinski definition) is 1. The number of carbonyl (C=O) groups is 1. The summed E-state index contributed by atoms with van der Waals surface area (Å²) in [5, 5.41) is 2.89. The van der Waals surface area contributed by atoms with Gasteiger partial charge in [0.1, 0.15) is 11.6 Å². The van der Waals surface area contributed by atoms with E-state index in [4.69, 9.17) is 4.74 Å². The monoisotopic (exact) mass is 490 g/mol. The van der Waals surface area contributed by atoms with E-state index in [1.807, 2.05) is 42.0 Å². The van der Waals surface area contributed by atoms with Crippen molar-refractivity contribution in [2.75, 3.05) is 18.5 Å². The standard InChI is InChI=1S/C26H26N4O4S/c1-19-27-16-17-30(19)23-8-4-20(5-9-23)18-28-26(31)21-6-10-22(11-7-21)29(2)35(32,33)25-14-12-24(34-3)13-15-25/h4-17H,18H2,1-3H3,(H,28,31). The molecule has 35 heavy (non-hydrogen) atoms. The second-order valence-corrected chi connectivity index (χ2v) is 9.86. The SMILES string of the molecule is COc1ccc(S(=O)(=O)N(C)c2ccc(C(=O)NCc3ccc(-n4ccnc4C)cc3)cc2)cc1. The molecule has 8 nitrogen and oxygen atoms in total. The van der Waals surface area contributed by atoms with Gasteiger partial charge < -0.3 is 14.6 Å². The number of hydrogen-bond acceptors (Lipinski definition) is 5. The molecule has 0 aliphatic carbocycles. The molecule has 0 atom stereocenters. The second-order valence-electron chi connectivity index (χ2n) is 7.89. The van der Waals surface area contributed by atoms with Crippen molar-refractivity contribution in [3.8, 4) is 11.4 Å². The summed E-state index contributed by atoms with van der Waals surface area (Å²) in [6, 6.07) is 20.5. The van der Waals surface area contributed by atoms with Crippen molar-refractivity contribution in [2.24, 2.45) is 0 Å². The van der Waals surface area contributed by atoms with E-state index >= 15 is 0 Å². The fraction of sp³-hybridized carbons (Fsp3) is 0.154. The van der Waals surface area contributed by atoms with Gasteiger partial charge in [0.15, 0.2) is 0 Å². The molecule has 4 rings (SSSR count). The molecule has 0 aliphatic rings. The maximum Gasteiger partial charge on any atom is 0.264 e. The van der Waals surface area contributed by atoms with Gasteiger partial charge in [-0.2, -0.15) is 0 Å². The van der Waals surface area contributed by atoms with E-state index in [9.17, 15) is 13.2 Å². The van der Waals surface area contributed by atoms with Crippen LogP contribution >= 0.6 is 0 Å². The highest BCUT2D eigenvalue weighted by Crippen LogP contribution is 2.24. The van der Waals surface area contributed by atoms with Crippen molar-refractivity contribution in [1.29, 1.82) is 0 Å². The molecule has 1 heterocycles. The molecule has 1 N–H and O–H groups in total. The number of anilines is 1. The van der Waals surface area contributed by atoms with Gasteiger partial charge in [-0.25, -0.2) is 13.4 Å². The third-order valence-corrected chi connectivity index (χ3v) is 7.50. The number of benzene rings is 3. The fourth-order valence-corrected chi connectivity index (χ4v) is 4.77. The van der Waals surface area contributed by atoms with Crippen molar-refractivity contribution in [3.05, 3.63) is 102 Å². The lowest BCUT2D eigenvalue weighted by atomic mass is 10.1. The summed E-state index contributed by atoms with van der Waals surface area (Å²) in [5.74, 6) is 1.23. The van der Waals surface area contributed by atoms with E-state index in [1.165, 1.54) is 30.6 Å². The number of ether oxygens (including phenoxy) is 1. The topological polar surface area (TPSA) is 93.5 Å². The van der Waals surface area contributed by atoms with Crippen molar-refractivity contribution >= 4 is 21.6 Å². The largest absolute Gasteiger partial charge is 0.497 e. The maximum absolute atomic E-state index is 12.9. The third kappa shape index (κ3) is 5.20. The number of sulfonamides is 1. The zero-order valence-electron chi connectivity index (χ0n) is 19.7. The van der Waals surface area contributed by atoms with Gasteiger partial charge in [0.25, 0.3) is 15.9 Å². The first-order valence-corrected chi connectivity index (χ1v) is 12.3. The quantitative estimate of drug-likeness (QED) is 0.404. The smallest absolute Gasteiger partial charge is 0.264 e. The Balaban J connectivity index is 1.39. The molecule has 3 aromatic carbocycles. The van der Waals surface area contributed by atoms with Crippen LogP contribution in [0.5, 0.6) is 5.75 Å². The molecule has 0 saturated carbocycles. The van der Waals surface area contributed by atoms with Crippen LogP contribution in [0.15, 0.2) is 90.1 Å². The average molecular weight is 491 g/mol. The molecule has 0 radical (unpaired) electrons. The number of imidazole rings is 1. The molecular formula is C26H26N4O4S. The summed E-state index contributed by atoms with van der Waals surface area (Å²) in [5.41, 5.74) is 2.85. The molecule has 0 spiro atoms. The Morgan fingerprint density at radius 1 is 1.00 bits per heavy atom. The summed E-state index contributed by atoms with van der Waals surface area (Å²) < 4.78 is 34.1. The zero-order chi connectivity index (χ0) is 25.0. The lowest BCUT2D eigenvalue weighted by Crippen LogP contribution is -2.27. The average Bonchev–Trinajstić information content (AvgIpc) is 3.33. The summed E-state index contributed by atoms with van der Waals surface area (Å²) in [6.45, 7) is 2.31. The minimum Gasteiger partial charge on any atom is -0.497 e. The predicted molar refractivity (Wildman–Crippen MR) is 134 cm³/mol. The van der Waals surface area contributed by atoms with Crippen LogP contribution in [0.1, 0.15) is 21.7 Å². The highest BCUT2D eigenvalue weighted by Gasteiger charge is 2.21. The summed E-state index contributed by atoms with van der Waals surface area (Å²) in [7, 11) is -0.751. The first-order valence-electron chi connectivity index (χ1n) is 10.9. The number of carbonyl (C=O) groups excluding carboxylic acids is 1. The molecule has 1 amide bonds. The Morgan fingerprint density at radius 2 is 1.66 bits per heavy atom. The highest BCUT2D eigenvalue weighted by molar-refractivity contribution is 7.92. The number of methoxy groups -OCH3 is 1. The van der Waals surface area contributed by atoms with Gasteiger partial charge in [0.2, 0.25) is 0 Å². The molecular weight excluding hydrogens is 464 g/mol. The van der Waals surface area contributed by atoms with E-state index in [1.54, 1.807) is 42.6 Å². The van der Waals surface area contributed by atoms with Crippen molar-refractivity contribution in [2.45, 2.75) is 18.4 Å². The van der Waals surface area contributed by atoms with Gasteiger partial charge >= 0.3 is 0 Å². The molecule has 0 fully saturated rings. The minimum atomic E-state index is -3.75. The third-order valence-electron chi connectivity index (χ3n) is 5.70. The number of nitrogens with one attached hydrogen (secondary N) is 1. The van der Waals surface area contributed by atoms with Crippen LogP contribution in [0, 0.1) is 6.92 Å². The molecule has 4 aromatic rings. The van der Waals surface area contributed by atoms with Gasteiger partial charge in [0, 0.05) is 37.2 Å². The number of aromatic nitrogens is 2. The van der Waals surface area contributed by atoms with E-state index in [2.05, 4.69) is 10.3 Å². The predicted octanol–water partition coefficient (Wildman–Crippen LogP) is 3.94. The molecule has 0 bridgehead atoms. The normalized spacial score (nSPS) is 11.2. The Morgan fingerprint density at radius 3 is 2.23 bits per heavy atom. The van der Waals surface area contributed by atoms with E-state index in [0.717, 1.165) is 17.1 Å². The molecule has 0 saturated heterocycles. The molecule has 9 heteroatoms. The minimum absolute atomic E-state index is 0.150. The van der Waals surface area contributed by atoms with Crippen LogP contribution in [0.4, 0.5) is 5.69 Å². The van der Waals surface area contributed by atoms with Crippen molar-refractivity contribution in [3.63, 3.8) is 0 Å². The van der Waals surface area contributed by atoms with Crippen molar-refractivity contribution in [1.82, 2.24) is 14.9 Å². The van der Waals surface area contributed by atoms with E-state index < -0.39 is 10.0 Å². The molecule has 0 unspecified atom stereocenters. The lowest BCUT2D eigenvalue weighted by molar-refractivity contribution is 0.0951. The van der Waals surface area contributed by atoms with Crippen LogP contribution in [0.3, 0.4) is 0 Å². The van der Waals surface area contributed by atoms with Crippen LogP contribution in [0.25, 0.3) is 5.69 Å². The van der Waals surface area contributed by atoms with Gasteiger partial charge in [-0.15, -0.1) is 0 Å². The fourth-order valence-electron chi connectivity index (χ4n) is 3.58. The Bertz CT molecular complexity index is 1410. The second kappa shape index (κ2) is 10.0. The van der Waals surface area contributed by atoms with Gasteiger partial charge in [-0.3, -0.25) is 9.10 Å².